The van der Waals surface area contributed by atoms with Gasteiger partial charge < -0.3 is 14.6 Å². The molecule has 0 aliphatic heterocycles. The van der Waals surface area contributed by atoms with E-state index >= 15 is 0 Å². The number of likely N-dealkylation sites (N-methyl/N-ethyl adjacent to an activating group) is 1. The molecule has 0 bridgehead atoms. The van der Waals surface area contributed by atoms with E-state index in [0.29, 0.717) is 22.8 Å². The summed E-state index contributed by atoms with van der Waals surface area (Å²) in [7, 11) is 1.91. The highest BCUT2D eigenvalue weighted by Crippen LogP contribution is 2.20. The highest BCUT2D eigenvalue weighted by atomic mass is 35.5. The standard InChI is InChI=1S/C21H21ClN2O3/c1-3-14-8-9-16-15(11-21(26)27-19(16)10-14)12-24(2)13-20(25)23-18-7-5-4-6-17(18)22/h4-11H,3,12-13H2,1-2H3,(H,23,25)/p+1. The van der Waals surface area contributed by atoms with Crippen molar-refractivity contribution in [3.05, 3.63) is 75.1 Å². The van der Waals surface area contributed by atoms with Crippen LogP contribution in [-0.2, 0) is 17.8 Å². The Morgan fingerprint density at radius 2 is 1.96 bits per heavy atom. The molecule has 3 rings (SSSR count). The molecule has 0 spiro atoms. The Labute approximate surface area is 162 Å². The van der Waals surface area contributed by atoms with Gasteiger partial charge in [-0.05, 0) is 30.2 Å². The van der Waals surface area contributed by atoms with E-state index in [4.69, 9.17) is 16.0 Å². The minimum Gasteiger partial charge on any atom is -0.423 e. The van der Waals surface area contributed by atoms with Crippen LogP contribution in [0.2, 0.25) is 5.02 Å². The van der Waals surface area contributed by atoms with Gasteiger partial charge in [0.05, 0.1) is 17.8 Å². The van der Waals surface area contributed by atoms with E-state index in [-0.39, 0.29) is 18.1 Å². The van der Waals surface area contributed by atoms with Crippen molar-refractivity contribution < 1.29 is 14.1 Å². The molecule has 2 aromatic carbocycles. The van der Waals surface area contributed by atoms with E-state index in [0.717, 1.165) is 27.8 Å². The van der Waals surface area contributed by atoms with Crippen molar-refractivity contribution in [3.8, 4) is 0 Å². The average Bonchev–Trinajstić information content (AvgIpc) is 2.62. The van der Waals surface area contributed by atoms with Crippen LogP contribution >= 0.6 is 11.6 Å². The molecular formula is C21H22ClN2O3+. The fourth-order valence-corrected chi connectivity index (χ4v) is 3.24. The van der Waals surface area contributed by atoms with Crippen LogP contribution in [-0.4, -0.2) is 19.5 Å². The third kappa shape index (κ3) is 4.76. The molecule has 1 heterocycles. The monoisotopic (exact) mass is 385 g/mol. The zero-order chi connectivity index (χ0) is 19.4. The number of fused-ring (bicyclic) bond motifs is 1. The van der Waals surface area contributed by atoms with Gasteiger partial charge in [0.25, 0.3) is 5.91 Å². The lowest BCUT2D eigenvalue weighted by molar-refractivity contribution is -0.885. The van der Waals surface area contributed by atoms with Crippen molar-refractivity contribution in [3.63, 3.8) is 0 Å². The number of carbonyl (C=O) groups is 1. The van der Waals surface area contributed by atoms with Gasteiger partial charge in [-0.3, -0.25) is 4.79 Å². The first-order chi connectivity index (χ1) is 13.0. The number of nitrogens with one attached hydrogen (secondary N) is 2. The molecule has 3 aromatic rings. The van der Waals surface area contributed by atoms with Crippen molar-refractivity contribution in [2.45, 2.75) is 19.9 Å². The van der Waals surface area contributed by atoms with Gasteiger partial charge in [0.15, 0.2) is 6.54 Å². The molecular weight excluding hydrogens is 364 g/mol. The SMILES string of the molecule is CCc1ccc2c(C[NH+](C)CC(=O)Nc3ccccc3Cl)cc(=O)oc2c1. The predicted molar refractivity (Wildman–Crippen MR) is 107 cm³/mol. The summed E-state index contributed by atoms with van der Waals surface area (Å²) in [6, 6.07) is 14.5. The van der Waals surface area contributed by atoms with Crippen molar-refractivity contribution in [1.29, 1.82) is 0 Å². The van der Waals surface area contributed by atoms with Crippen LogP contribution in [0.25, 0.3) is 11.0 Å². The van der Waals surface area contributed by atoms with Crippen LogP contribution in [0.3, 0.4) is 0 Å². The highest BCUT2D eigenvalue weighted by Gasteiger charge is 2.15. The summed E-state index contributed by atoms with van der Waals surface area (Å²) in [5.41, 5.74) is 2.79. The summed E-state index contributed by atoms with van der Waals surface area (Å²) in [6.07, 6.45) is 0.872. The number of anilines is 1. The molecule has 0 aliphatic rings. The van der Waals surface area contributed by atoms with Crippen LogP contribution in [0.4, 0.5) is 5.69 Å². The number of hydrogen-bond acceptors (Lipinski definition) is 3. The molecule has 0 fully saturated rings. The molecule has 5 nitrogen and oxygen atoms in total. The fourth-order valence-electron chi connectivity index (χ4n) is 3.06. The number of hydrogen-bond donors (Lipinski definition) is 2. The van der Waals surface area contributed by atoms with Crippen molar-refractivity contribution in [2.24, 2.45) is 0 Å². The third-order valence-electron chi connectivity index (χ3n) is 4.41. The number of rotatable bonds is 6. The Hall–Kier alpha value is -2.63. The van der Waals surface area contributed by atoms with Gasteiger partial charge in [0, 0.05) is 17.0 Å². The second-order valence-electron chi connectivity index (χ2n) is 6.61. The number of para-hydroxylation sites is 1. The highest BCUT2D eigenvalue weighted by molar-refractivity contribution is 6.33. The van der Waals surface area contributed by atoms with E-state index in [1.54, 1.807) is 12.1 Å². The summed E-state index contributed by atoms with van der Waals surface area (Å²) in [5, 5.41) is 4.22. The summed E-state index contributed by atoms with van der Waals surface area (Å²) in [6.45, 7) is 2.84. The van der Waals surface area contributed by atoms with Crippen LogP contribution in [0.5, 0.6) is 0 Å². The molecule has 0 saturated heterocycles. The predicted octanol–water partition coefficient (Wildman–Crippen LogP) is 2.66. The zero-order valence-electron chi connectivity index (χ0n) is 15.3. The van der Waals surface area contributed by atoms with Crippen LogP contribution in [0.1, 0.15) is 18.1 Å². The van der Waals surface area contributed by atoms with Crippen LogP contribution in [0, 0.1) is 0 Å². The maximum absolute atomic E-state index is 12.3. The number of halogens is 1. The fraction of sp³-hybridized carbons (Fsp3) is 0.238. The average molecular weight is 386 g/mol. The minimum absolute atomic E-state index is 0.138. The molecule has 140 valence electrons. The minimum atomic E-state index is -0.376. The van der Waals surface area contributed by atoms with Crippen LogP contribution in [0.15, 0.2) is 57.7 Å². The van der Waals surface area contributed by atoms with Gasteiger partial charge in [0.2, 0.25) is 0 Å². The van der Waals surface area contributed by atoms with E-state index in [1.165, 1.54) is 6.07 Å². The molecule has 1 unspecified atom stereocenters. The second-order valence-corrected chi connectivity index (χ2v) is 7.02. The Balaban J connectivity index is 1.74. The lowest BCUT2D eigenvalue weighted by atomic mass is 10.1. The maximum atomic E-state index is 12.3. The van der Waals surface area contributed by atoms with Gasteiger partial charge in [-0.2, -0.15) is 0 Å². The first-order valence-electron chi connectivity index (χ1n) is 8.87. The quantitative estimate of drug-likeness (QED) is 0.641. The van der Waals surface area contributed by atoms with Gasteiger partial charge in [-0.1, -0.05) is 42.8 Å². The van der Waals surface area contributed by atoms with Crippen molar-refractivity contribution >= 4 is 34.2 Å². The van der Waals surface area contributed by atoms with E-state index in [1.807, 2.05) is 37.4 Å². The molecule has 1 amide bonds. The molecule has 1 atom stereocenters. The van der Waals surface area contributed by atoms with Gasteiger partial charge >= 0.3 is 5.63 Å². The van der Waals surface area contributed by atoms with Gasteiger partial charge in [-0.15, -0.1) is 0 Å². The lowest BCUT2D eigenvalue weighted by Gasteiger charge is -2.15. The second kappa shape index (κ2) is 8.37. The van der Waals surface area contributed by atoms with Crippen molar-refractivity contribution in [2.75, 3.05) is 18.9 Å². The Morgan fingerprint density at radius 3 is 2.70 bits per heavy atom. The molecule has 2 N–H and O–H groups in total. The topological polar surface area (TPSA) is 63.8 Å². The Morgan fingerprint density at radius 1 is 1.19 bits per heavy atom. The third-order valence-corrected chi connectivity index (χ3v) is 4.73. The number of benzene rings is 2. The Bertz CT molecular complexity index is 1030. The lowest BCUT2D eigenvalue weighted by Crippen LogP contribution is -3.08. The number of amides is 1. The van der Waals surface area contributed by atoms with Gasteiger partial charge in [-0.25, -0.2) is 4.79 Å². The van der Waals surface area contributed by atoms with Gasteiger partial charge in [0.1, 0.15) is 12.1 Å². The number of carbonyl (C=O) groups excluding carboxylic acids is 1. The van der Waals surface area contributed by atoms with E-state index in [9.17, 15) is 9.59 Å². The molecule has 0 saturated carbocycles. The maximum Gasteiger partial charge on any atom is 0.336 e. The molecule has 0 aliphatic carbocycles. The summed E-state index contributed by atoms with van der Waals surface area (Å²) >= 11 is 6.08. The van der Waals surface area contributed by atoms with E-state index in [2.05, 4.69) is 12.2 Å². The summed E-state index contributed by atoms with van der Waals surface area (Å²) in [4.78, 5) is 25.2. The molecule has 1 aromatic heterocycles. The zero-order valence-corrected chi connectivity index (χ0v) is 16.1. The summed E-state index contributed by atoms with van der Waals surface area (Å²) in [5.74, 6) is -0.138. The first kappa shape index (κ1) is 19.1. The van der Waals surface area contributed by atoms with Crippen molar-refractivity contribution in [1.82, 2.24) is 0 Å². The number of aryl methyl sites for hydroxylation is 1. The number of quaternary nitrogens is 1. The molecule has 0 radical (unpaired) electrons. The molecule has 27 heavy (non-hydrogen) atoms. The largest absolute Gasteiger partial charge is 0.423 e. The van der Waals surface area contributed by atoms with E-state index < -0.39 is 0 Å². The molecule has 6 heteroatoms. The normalized spacial score (nSPS) is 12.1. The first-order valence-corrected chi connectivity index (χ1v) is 9.25. The smallest absolute Gasteiger partial charge is 0.336 e. The summed E-state index contributed by atoms with van der Waals surface area (Å²) < 4.78 is 5.34. The Kier molecular flexibility index (Phi) is 5.94. The van der Waals surface area contributed by atoms with Crippen LogP contribution < -0.4 is 15.8 Å².